The standard InChI is InChI=1S/C8H7BrS/c1-3-6(2)7-4-8(9)10-5-7/h1,4-6H,2H3. The molecule has 1 heterocycles. The van der Waals surface area contributed by atoms with Gasteiger partial charge < -0.3 is 0 Å². The van der Waals surface area contributed by atoms with Crippen molar-refractivity contribution in [3.63, 3.8) is 0 Å². The fourth-order valence-electron chi connectivity index (χ4n) is 0.647. The summed E-state index contributed by atoms with van der Waals surface area (Å²) in [5.74, 6) is 2.92. The van der Waals surface area contributed by atoms with Gasteiger partial charge in [-0.25, -0.2) is 0 Å². The monoisotopic (exact) mass is 214 g/mol. The fraction of sp³-hybridized carbons (Fsp3) is 0.250. The predicted molar refractivity (Wildman–Crippen MR) is 49.3 cm³/mol. The summed E-state index contributed by atoms with van der Waals surface area (Å²) in [5, 5.41) is 2.08. The van der Waals surface area contributed by atoms with Crippen molar-refractivity contribution in [1.29, 1.82) is 0 Å². The van der Waals surface area contributed by atoms with Gasteiger partial charge in [0.1, 0.15) is 0 Å². The Morgan fingerprint density at radius 2 is 2.50 bits per heavy atom. The molecule has 0 bridgehead atoms. The summed E-state index contributed by atoms with van der Waals surface area (Å²) in [4.78, 5) is 0. The first kappa shape index (κ1) is 7.84. The van der Waals surface area contributed by atoms with E-state index in [0.717, 1.165) is 3.79 Å². The molecule has 0 saturated heterocycles. The van der Waals surface area contributed by atoms with Crippen LogP contribution in [0.15, 0.2) is 15.2 Å². The van der Waals surface area contributed by atoms with Crippen molar-refractivity contribution >= 4 is 27.3 Å². The van der Waals surface area contributed by atoms with Gasteiger partial charge in [0.2, 0.25) is 0 Å². The summed E-state index contributed by atoms with van der Waals surface area (Å²) in [6.45, 7) is 2.02. The topological polar surface area (TPSA) is 0 Å². The molecule has 1 aromatic rings. The van der Waals surface area contributed by atoms with Crippen LogP contribution in [-0.2, 0) is 0 Å². The van der Waals surface area contributed by atoms with Gasteiger partial charge in [0.05, 0.1) is 3.79 Å². The van der Waals surface area contributed by atoms with Gasteiger partial charge in [-0.05, 0) is 39.9 Å². The number of hydrogen-bond donors (Lipinski definition) is 0. The molecule has 0 N–H and O–H groups in total. The van der Waals surface area contributed by atoms with Crippen LogP contribution in [0.2, 0.25) is 0 Å². The van der Waals surface area contributed by atoms with E-state index >= 15 is 0 Å². The number of hydrogen-bond acceptors (Lipinski definition) is 1. The summed E-state index contributed by atoms with van der Waals surface area (Å²) >= 11 is 5.05. The van der Waals surface area contributed by atoms with Crippen LogP contribution in [0.1, 0.15) is 18.4 Å². The van der Waals surface area contributed by atoms with Crippen molar-refractivity contribution < 1.29 is 0 Å². The first-order valence-electron chi connectivity index (χ1n) is 2.94. The maximum atomic E-state index is 5.25. The van der Waals surface area contributed by atoms with E-state index in [9.17, 15) is 0 Å². The van der Waals surface area contributed by atoms with Crippen molar-refractivity contribution in [3.05, 3.63) is 20.8 Å². The van der Waals surface area contributed by atoms with Crippen molar-refractivity contribution in [2.24, 2.45) is 0 Å². The minimum atomic E-state index is 0.238. The molecular weight excluding hydrogens is 208 g/mol. The van der Waals surface area contributed by atoms with Gasteiger partial charge in [0.25, 0.3) is 0 Å². The molecule has 0 radical (unpaired) electrons. The second kappa shape index (κ2) is 3.23. The second-order valence-corrected chi connectivity index (χ2v) is 4.36. The van der Waals surface area contributed by atoms with Gasteiger partial charge in [0, 0.05) is 5.92 Å². The van der Waals surface area contributed by atoms with E-state index in [-0.39, 0.29) is 5.92 Å². The molecule has 0 saturated carbocycles. The summed E-state index contributed by atoms with van der Waals surface area (Å²) in [6, 6.07) is 2.06. The van der Waals surface area contributed by atoms with Gasteiger partial charge in [-0.1, -0.05) is 5.92 Å². The molecule has 0 fully saturated rings. The van der Waals surface area contributed by atoms with Crippen molar-refractivity contribution in [3.8, 4) is 12.3 Å². The molecule has 0 aromatic carbocycles. The zero-order valence-corrected chi connectivity index (χ0v) is 8.00. The maximum Gasteiger partial charge on any atom is 0.0701 e. The molecule has 2 heteroatoms. The van der Waals surface area contributed by atoms with Crippen LogP contribution < -0.4 is 0 Å². The zero-order valence-electron chi connectivity index (χ0n) is 5.60. The van der Waals surface area contributed by atoms with Crippen LogP contribution in [-0.4, -0.2) is 0 Å². The van der Waals surface area contributed by atoms with Gasteiger partial charge >= 0.3 is 0 Å². The first-order chi connectivity index (χ1) is 4.74. The Kier molecular flexibility index (Phi) is 2.53. The highest BCUT2D eigenvalue weighted by Crippen LogP contribution is 2.25. The lowest BCUT2D eigenvalue weighted by Crippen LogP contribution is -1.83. The quantitative estimate of drug-likeness (QED) is 0.631. The van der Waals surface area contributed by atoms with E-state index in [1.54, 1.807) is 11.3 Å². The molecule has 10 heavy (non-hydrogen) atoms. The van der Waals surface area contributed by atoms with Crippen LogP contribution in [0.25, 0.3) is 0 Å². The van der Waals surface area contributed by atoms with Gasteiger partial charge in [0.15, 0.2) is 0 Å². The average molecular weight is 215 g/mol. The molecule has 0 nitrogen and oxygen atoms in total. The molecular formula is C8H7BrS. The van der Waals surface area contributed by atoms with Crippen molar-refractivity contribution in [2.75, 3.05) is 0 Å². The minimum Gasteiger partial charge on any atom is -0.137 e. The van der Waals surface area contributed by atoms with E-state index in [2.05, 4.69) is 33.3 Å². The molecule has 0 aliphatic rings. The third kappa shape index (κ3) is 1.62. The summed E-state index contributed by atoms with van der Waals surface area (Å²) in [6.07, 6.45) is 5.25. The summed E-state index contributed by atoms with van der Waals surface area (Å²) < 4.78 is 1.14. The van der Waals surface area contributed by atoms with Gasteiger partial charge in [-0.2, -0.15) is 0 Å². The molecule has 1 atom stereocenters. The molecule has 1 aromatic heterocycles. The fourth-order valence-corrected chi connectivity index (χ4v) is 1.92. The average Bonchev–Trinajstić information content (AvgIpc) is 2.34. The molecule has 1 rings (SSSR count). The Morgan fingerprint density at radius 1 is 1.80 bits per heavy atom. The highest BCUT2D eigenvalue weighted by atomic mass is 79.9. The van der Waals surface area contributed by atoms with E-state index in [1.807, 2.05) is 6.92 Å². The van der Waals surface area contributed by atoms with Crippen LogP contribution in [0.5, 0.6) is 0 Å². The summed E-state index contributed by atoms with van der Waals surface area (Å²) in [7, 11) is 0. The van der Waals surface area contributed by atoms with Crippen LogP contribution in [0.3, 0.4) is 0 Å². The molecule has 0 spiro atoms. The predicted octanol–water partition coefficient (Wildman–Crippen LogP) is 3.25. The number of terminal acetylenes is 1. The van der Waals surface area contributed by atoms with Crippen LogP contribution in [0, 0.1) is 12.3 Å². The number of thiophene rings is 1. The van der Waals surface area contributed by atoms with Crippen molar-refractivity contribution in [1.82, 2.24) is 0 Å². The minimum absolute atomic E-state index is 0.238. The Morgan fingerprint density at radius 3 is 2.90 bits per heavy atom. The largest absolute Gasteiger partial charge is 0.137 e. The van der Waals surface area contributed by atoms with Crippen molar-refractivity contribution in [2.45, 2.75) is 12.8 Å². The lowest BCUT2D eigenvalue weighted by atomic mass is 10.1. The Balaban J connectivity index is 2.87. The molecule has 0 amide bonds. The zero-order chi connectivity index (χ0) is 7.56. The van der Waals surface area contributed by atoms with Crippen LogP contribution in [0.4, 0.5) is 0 Å². The van der Waals surface area contributed by atoms with Gasteiger partial charge in [-0.15, -0.1) is 17.8 Å². The highest BCUT2D eigenvalue weighted by Gasteiger charge is 2.02. The molecule has 52 valence electrons. The Labute approximate surface area is 73.4 Å². The lowest BCUT2D eigenvalue weighted by Gasteiger charge is -1.96. The molecule has 1 unspecified atom stereocenters. The number of rotatable bonds is 1. The smallest absolute Gasteiger partial charge is 0.0701 e. The normalized spacial score (nSPS) is 12.5. The SMILES string of the molecule is C#CC(C)c1csc(Br)c1. The Hall–Kier alpha value is -0.260. The third-order valence-corrected chi connectivity index (χ3v) is 2.86. The molecule has 0 aliphatic heterocycles. The third-order valence-electron chi connectivity index (χ3n) is 1.34. The summed E-state index contributed by atoms with van der Waals surface area (Å²) in [5.41, 5.74) is 1.22. The van der Waals surface area contributed by atoms with E-state index in [1.165, 1.54) is 5.56 Å². The Bertz CT molecular complexity index is 256. The van der Waals surface area contributed by atoms with E-state index < -0.39 is 0 Å². The lowest BCUT2D eigenvalue weighted by molar-refractivity contribution is 1.01. The van der Waals surface area contributed by atoms with E-state index in [0.29, 0.717) is 0 Å². The second-order valence-electron chi connectivity index (χ2n) is 2.07. The highest BCUT2D eigenvalue weighted by molar-refractivity contribution is 9.11. The maximum absolute atomic E-state index is 5.25. The van der Waals surface area contributed by atoms with Crippen LogP contribution >= 0.6 is 27.3 Å². The van der Waals surface area contributed by atoms with E-state index in [4.69, 9.17) is 6.42 Å². The first-order valence-corrected chi connectivity index (χ1v) is 4.61. The number of halogens is 1. The van der Waals surface area contributed by atoms with Gasteiger partial charge in [-0.3, -0.25) is 0 Å². The molecule has 0 aliphatic carbocycles.